The van der Waals surface area contributed by atoms with Gasteiger partial charge in [-0.25, -0.2) is 0 Å². The minimum Gasteiger partial charge on any atom is -0.489 e. The molecule has 3 nitrogen and oxygen atoms in total. The molecule has 0 aliphatic rings. The summed E-state index contributed by atoms with van der Waals surface area (Å²) >= 11 is 3.52. The van der Waals surface area contributed by atoms with Crippen molar-refractivity contribution in [2.75, 3.05) is 11.1 Å². The zero-order valence-corrected chi connectivity index (χ0v) is 14.4. The number of nitrogen functional groups attached to an aromatic ring is 1. The fourth-order valence-electron chi connectivity index (χ4n) is 2.22. The fourth-order valence-corrected chi connectivity index (χ4v) is 2.91. The SMILES string of the molecule is Cc1cc(Br)cc(C)c1Nc1ccc(N)c(OC(C)C)c1. The Morgan fingerprint density at radius 1 is 1.10 bits per heavy atom. The molecule has 0 saturated carbocycles. The van der Waals surface area contributed by atoms with E-state index in [9.17, 15) is 0 Å². The molecule has 0 aliphatic carbocycles. The van der Waals surface area contributed by atoms with E-state index < -0.39 is 0 Å². The molecule has 0 bridgehead atoms. The van der Waals surface area contributed by atoms with Crippen molar-refractivity contribution >= 4 is 33.0 Å². The Hall–Kier alpha value is -1.68. The molecule has 2 rings (SSSR count). The summed E-state index contributed by atoms with van der Waals surface area (Å²) in [6.45, 7) is 8.15. The van der Waals surface area contributed by atoms with Crippen LogP contribution in [-0.4, -0.2) is 6.10 Å². The molecule has 2 aromatic rings. The Morgan fingerprint density at radius 3 is 2.29 bits per heavy atom. The van der Waals surface area contributed by atoms with Crippen molar-refractivity contribution in [3.8, 4) is 5.75 Å². The normalized spacial score (nSPS) is 10.8. The summed E-state index contributed by atoms with van der Waals surface area (Å²) in [5, 5.41) is 3.45. The van der Waals surface area contributed by atoms with E-state index >= 15 is 0 Å². The molecule has 0 fully saturated rings. The third-order valence-electron chi connectivity index (χ3n) is 3.14. The van der Waals surface area contributed by atoms with E-state index in [-0.39, 0.29) is 6.10 Å². The van der Waals surface area contributed by atoms with Crippen LogP contribution in [0.4, 0.5) is 17.1 Å². The van der Waals surface area contributed by atoms with Crippen molar-refractivity contribution in [1.82, 2.24) is 0 Å². The molecule has 0 spiro atoms. The third-order valence-corrected chi connectivity index (χ3v) is 3.60. The highest BCUT2D eigenvalue weighted by Gasteiger charge is 2.08. The smallest absolute Gasteiger partial charge is 0.144 e. The molecule has 0 amide bonds. The zero-order valence-electron chi connectivity index (χ0n) is 12.8. The maximum absolute atomic E-state index is 5.95. The van der Waals surface area contributed by atoms with Gasteiger partial charge in [-0.2, -0.15) is 0 Å². The monoisotopic (exact) mass is 348 g/mol. The molecule has 0 aliphatic heterocycles. The Balaban J connectivity index is 2.32. The molecule has 4 heteroatoms. The van der Waals surface area contributed by atoms with E-state index in [1.807, 2.05) is 32.0 Å². The topological polar surface area (TPSA) is 47.3 Å². The molecule has 21 heavy (non-hydrogen) atoms. The van der Waals surface area contributed by atoms with Gasteiger partial charge in [0.2, 0.25) is 0 Å². The van der Waals surface area contributed by atoms with Crippen LogP contribution < -0.4 is 15.8 Å². The molecular formula is C17H21BrN2O. The first-order valence-electron chi connectivity index (χ1n) is 6.96. The van der Waals surface area contributed by atoms with Gasteiger partial charge in [0.1, 0.15) is 5.75 Å². The first-order valence-corrected chi connectivity index (χ1v) is 7.76. The average Bonchev–Trinajstić information content (AvgIpc) is 2.37. The second-order valence-corrected chi connectivity index (χ2v) is 6.37. The minimum absolute atomic E-state index is 0.0960. The van der Waals surface area contributed by atoms with Crippen molar-refractivity contribution in [3.63, 3.8) is 0 Å². The van der Waals surface area contributed by atoms with Crippen LogP contribution in [0.3, 0.4) is 0 Å². The largest absolute Gasteiger partial charge is 0.489 e. The van der Waals surface area contributed by atoms with Gasteiger partial charge in [0, 0.05) is 21.9 Å². The molecular weight excluding hydrogens is 328 g/mol. The number of nitrogens with one attached hydrogen (secondary N) is 1. The second kappa shape index (κ2) is 6.39. The lowest BCUT2D eigenvalue weighted by molar-refractivity contribution is 0.244. The molecule has 0 heterocycles. The fraction of sp³-hybridized carbons (Fsp3) is 0.294. The summed E-state index contributed by atoms with van der Waals surface area (Å²) in [4.78, 5) is 0. The van der Waals surface area contributed by atoms with Crippen LogP contribution in [-0.2, 0) is 0 Å². The number of halogens is 1. The lowest BCUT2D eigenvalue weighted by Crippen LogP contribution is -2.08. The summed E-state index contributed by atoms with van der Waals surface area (Å²) in [7, 11) is 0. The van der Waals surface area contributed by atoms with Crippen LogP contribution in [0, 0.1) is 13.8 Å². The lowest BCUT2D eigenvalue weighted by atomic mass is 10.1. The Labute approximate surface area is 134 Å². The molecule has 2 aromatic carbocycles. The highest BCUT2D eigenvalue weighted by Crippen LogP contribution is 2.31. The van der Waals surface area contributed by atoms with Gasteiger partial charge in [-0.15, -0.1) is 0 Å². The second-order valence-electron chi connectivity index (χ2n) is 5.46. The van der Waals surface area contributed by atoms with Gasteiger partial charge in [-0.05, 0) is 63.1 Å². The van der Waals surface area contributed by atoms with Crippen LogP contribution in [0.5, 0.6) is 5.75 Å². The average molecular weight is 349 g/mol. The van der Waals surface area contributed by atoms with E-state index in [0.717, 1.165) is 15.8 Å². The van der Waals surface area contributed by atoms with Crippen LogP contribution in [0.2, 0.25) is 0 Å². The maximum Gasteiger partial charge on any atom is 0.144 e. The van der Waals surface area contributed by atoms with Crippen molar-refractivity contribution < 1.29 is 4.74 Å². The summed E-state index contributed by atoms with van der Waals surface area (Å²) < 4.78 is 6.82. The number of rotatable bonds is 4. The number of benzene rings is 2. The van der Waals surface area contributed by atoms with Gasteiger partial charge in [-0.3, -0.25) is 0 Å². The van der Waals surface area contributed by atoms with Gasteiger partial charge >= 0.3 is 0 Å². The highest BCUT2D eigenvalue weighted by molar-refractivity contribution is 9.10. The summed E-state index contributed by atoms with van der Waals surface area (Å²) in [6.07, 6.45) is 0.0960. The summed E-state index contributed by atoms with van der Waals surface area (Å²) in [5.41, 5.74) is 11.0. The Morgan fingerprint density at radius 2 is 1.71 bits per heavy atom. The molecule has 0 radical (unpaired) electrons. The lowest BCUT2D eigenvalue weighted by Gasteiger charge is -2.16. The number of hydrogen-bond acceptors (Lipinski definition) is 3. The molecule has 0 atom stereocenters. The number of ether oxygens (including phenoxy) is 1. The van der Waals surface area contributed by atoms with Gasteiger partial charge in [0.05, 0.1) is 11.8 Å². The van der Waals surface area contributed by atoms with Crippen molar-refractivity contribution in [2.24, 2.45) is 0 Å². The van der Waals surface area contributed by atoms with Gasteiger partial charge in [0.15, 0.2) is 0 Å². The van der Waals surface area contributed by atoms with Crippen LogP contribution >= 0.6 is 15.9 Å². The first kappa shape index (κ1) is 15.7. The molecule has 0 saturated heterocycles. The van der Waals surface area contributed by atoms with Crippen molar-refractivity contribution in [3.05, 3.63) is 45.9 Å². The standard InChI is InChI=1S/C17H21BrN2O/c1-10(2)21-16-9-14(5-6-15(16)19)20-17-11(3)7-13(18)8-12(17)4/h5-10,20H,19H2,1-4H3. The Bertz CT molecular complexity index is 630. The number of hydrogen-bond donors (Lipinski definition) is 2. The quantitative estimate of drug-likeness (QED) is 0.748. The number of anilines is 3. The molecule has 0 unspecified atom stereocenters. The van der Waals surface area contributed by atoms with Crippen LogP contribution in [0.25, 0.3) is 0 Å². The molecule has 0 aromatic heterocycles. The van der Waals surface area contributed by atoms with E-state index in [1.165, 1.54) is 11.1 Å². The first-order chi connectivity index (χ1) is 9.86. The van der Waals surface area contributed by atoms with E-state index in [1.54, 1.807) is 0 Å². The summed E-state index contributed by atoms with van der Waals surface area (Å²) in [6, 6.07) is 9.96. The van der Waals surface area contributed by atoms with Gasteiger partial charge in [-0.1, -0.05) is 15.9 Å². The van der Waals surface area contributed by atoms with Crippen molar-refractivity contribution in [1.29, 1.82) is 0 Å². The predicted molar refractivity (Wildman–Crippen MR) is 93.5 cm³/mol. The van der Waals surface area contributed by atoms with Gasteiger partial charge < -0.3 is 15.8 Å². The summed E-state index contributed by atoms with van der Waals surface area (Å²) in [5.74, 6) is 0.711. The van der Waals surface area contributed by atoms with Gasteiger partial charge in [0.25, 0.3) is 0 Å². The molecule has 3 N–H and O–H groups in total. The Kier molecular flexibility index (Phi) is 4.78. The number of nitrogens with two attached hydrogens (primary N) is 1. The molecule has 112 valence electrons. The van der Waals surface area contributed by atoms with Crippen molar-refractivity contribution in [2.45, 2.75) is 33.8 Å². The zero-order chi connectivity index (χ0) is 15.6. The van der Waals surface area contributed by atoms with Crippen LogP contribution in [0.1, 0.15) is 25.0 Å². The maximum atomic E-state index is 5.95. The minimum atomic E-state index is 0.0960. The predicted octanol–water partition coefficient (Wildman–Crippen LogP) is 5.18. The van der Waals surface area contributed by atoms with E-state index in [4.69, 9.17) is 10.5 Å². The van der Waals surface area contributed by atoms with Crippen LogP contribution in [0.15, 0.2) is 34.8 Å². The number of aryl methyl sites for hydroxylation is 2. The van der Waals surface area contributed by atoms with E-state index in [0.29, 0.717) is 11.4 Å². The third kappa shape index (κ3) is 3.91. The van der Waals surface area contributed by atoms with E-state index in [2.05, 4.69) is 47.2 Å². The highest BCUT2D eigenvalue weighted by atomic mass is 79.9.